The molecule has 0 bridgehead atoms. The summed E-state index contributed by atoms with van der Waals surface area (Å²) >= 11 is 0. The lowest BCUT2D eigenvalue weighted by molar-refractivity contribution is 0.162. The number of nitrogens with one attached hydrogen (secondary N) is 2. The van der Waals surface area contributed by atoms with Crippen molar-refractivity contribution in [1.29, 1.82) is 0 Å². The Bertz CT molecular complexity index is 1110. The molecule has 0 saturated carbocycles. The van der Waals surface area contributed by atoms with Crippen molar-refractivity contribution >= 4 is 33.6 Å². The van der Waals surface area contributed by atoms with Crippen molar-refractivity contribution in [2.45, 2.75) is 107 Å². The van der Waals surface area contributed by atoms with E-state index in [1.54, 1.807) is 0 Å². The number of ether oxygens (including phenoxy) is 2. The van der Waals surface area contributed by atoms with Crippen LogP contribution in [0.1, 0.15) is 94.2 Å². The van der Waals surface area contributed by atoms with E-state index < -0.39 is 0 Å². The third kappa shape index (κ3) is 12.2. The zero-order valence-electron chi connectivity index (χ0n) is 27.7. The van der Waals surface area contributed by atoms with E-state index in [4.69, 9.17) is 23.9 Å². The normalized spacial score (nSPS) is 12.2. The first-order valence-electron chi connectivity index (χ1n) is 15.3. The van der Waals surface area contributed by atoms with Gasteiger partial charge in [-0.3, -0.25) is 9.98 Å². The predicted molar refractivity (Wildman–Crippen MR) is 178 cm³/mol. The van der Waals surface area contributed by atoms with E-state index in [2.05, 4.69) is 102 Å². The molecule has 0 amide bonds. The molecule has 7 heteroatoms. The molecule has 41 heavy (non-hydrogen) atoms. The third-order valence-corrected chi connectivity index (χ3v) is 5.48. The third-order valence-electron chi connectivity index (χ3n) is 5.48. The van der Waals surface area contributed by atoms with Crippen LogP contribution >= 0.6 is 0 Å². The molecule has 0 radical (unpaired) electrons. The minimum absolute atomic E-state index is 0.177. The molecule has 2 aromatic carbocycles. The average molecular weight is 569 g/mol. The summed E-state index contributed by atoms with van der Waals surface area (Å²) < 4.78 is 16.2. The van der Waals surface area contributed by atoms with Gasteiger partial charge in [-0.1, -0.05) is 24.3 Å². The Labute approximate surface area is 249 Å². The van der Waals surface area contributed by atoms with E-state index in [1.807, 2.05) is 27.7 Å². The summed E-state index contributed by atoms with van der Waals surface area (Å²) in [4.78, 5) is 9.71. The fourth-order valence-electron chi connectivity index (χ4n) is 4.03. The smallest absolute Gasteiger partial charge is 0.146 e. The highest BCUT2D eigenvalue weighted by atomic mass is 16.5. The minimum atomic E-state index is 0.177. The van der Waals surface area contributed by atoms with Crippen LogP contribution in [0, 0.1) is 0 Å². The summed E-state index contributed by atoms with van der Waals surface area (Å²) in [6.07, 6.45) is 0. The number of benzene rings is 2. The number of amidine groups is 2. The lowest BCUT2D eigenvalue weighted by Gasteiger charge is -2.15. The van der Waals surface area contributed by atoms with Crippen LogP contribution < -0.4 is 10.6 Å². The number of nitrogens with zero attached hydrogens (tertiary/aromatic N) is 2. The van der Waals surface area contributed by atoms with Crippen molar-refractivity contribution in [3.8, 4) is 0 Å². The molecular weight excluding hydrogens is 512 g/mol. The van der Waals surface area contributed by atoms with E-state index in [-0.39, 0.29) is 24.2 Å². The Balaban J connectivity index is 0.000000722. The molecule has 0 fully saturated rings. The van der Waals surface area contributed by atoms with E-state index in [0.717, 1.165) is 71.2 Å². The van der Waals surface area contributed by atoms with Crippen LogP contribution in [-0.4, -0.2) is 62.3 Å². The molecule has 3 rings (SSSR count). The van der Waals surface area contributed by atoms with Crippen molar-refractivity contribution in [2.24, 2.45) is 9.98 Å². The van der Waals surface area contributed by atoms with Crippen molar-refractivity contribution in [2.75, 3.05) is 26.4 Å². The van der Waals surface area contributed by atoms with Crippen LogP contribution in [0.3, 0.4) is 0 Å². The van der Waals surface area contributed by atoms with Gasteiger partial charge in [0.2, 0.25) is 0 Å². The van der Waals surface area contributed by atoms with Gasteiger partial charge in [0.05, 0.1) is 11.1 Å². The molecule has 3 aromatic rings. The molecule has 0 atom stereocenters. The molecule has 0 spiro atoms. The van der Waals surface area contributed by atoms with Crippen molar-refractivity contribution in [3.05, 3.63) is 47.5 Å². The first-order chi connectivity index (χ1) is 19.5. The van der Waals surface area contributed by atoms with Crippen LogP contribution in [0.2, 0.25) is 0 Å². The van der Waals surface area contributed by atoms with Crippen LogP contribution in [-0.2, 0) is 9.47 Å². The Hall–Kier alpha value is -2.90. The van der Waals surface area contributed by atoms with Gasteiger partial charge in [0, 0.05) is 61.4 Å². The maximum absolute atomic E-state index is 6.56. The summed E-state index contributed by atoms with van der Waals surface area (Å²) in [5, 5.41) is 9.19. The topological polar surface area (TPSA) is 80.4 Å². The van der Waals surface area contributed by atoms with Crippen molar-refractivity contribution in [1.82, 2.24) is 10.6 Å². The zero-order chi connectivity index (χ0) is 30.9. The molecule has 0 unspecified atom stereocenters. The first kappa shape index (κ1) is 36.1. The summed E-state index contributed by atoms with van der Waals surface area (Å²) in [5.41, 5.74) is 3.68. The number of furan rings is 1. The Morgan fingerprint density at radius 1 is 0.610 bits per heavy atom. The summed E-state index contributed by atoms with van der Waals surface area (Å²) in [6, 6.07) is 13.4. The standard InChI is InChI=1S/C26H36N4O.2C4H10O/c1-15(2)27-25(28-16(3)4)21-13-9-11-19-20-12-10-14-22(24(20)31-23(19)21)26(29-17(5)6)30-18(7)8;2*1-3-5-4-2/h9-18H,1-8H3,(H,27,28)(H,29,30);2*3-4H2,1-2H3. The summed E-state index contributed by atoms with van der Waals surface area (Å²) in [7, 11) is 0. The van der Waals surface area contributed by atoms with Gasteiger partial charge in [0.25, 0.3) is 0 Å². The lowest BCUT2D eigenvalue weighted by atomic mass is 10.1. The molecule has 7 nitrogen and oxygen atoms in total. The van der Waals surface area contributed by atoms with Crippen LogP contribution in [0.25, 0.3) is 21.9 Å². The number of hydrogen-bond acceptors (Lipinski definition) is 5. The molecule has 0 aliphatic heterocycles. The van der Waals surface area contributed by atoms with E-state index in [0.29, 0.717) is 0 Å². The second-order valence-electron chi connectivity index (χ2n) is 10.8. The number of hydrogen-bond donors (Lipinski definition) is 2. The van der Waals surface area contributed by atoms with Gasteiger partial charge in [-0.15, -0.1) is 0 Å². The maximum Gasteiger partial charge on any atom is 0.146 e. The summed E-state index contributed by atoms with van der Waals surface area (Å²) in [6.45, 7) is 28.2. The van der Waals surface area contributed by atoms with E-state index >= 15 is 0 Å². The summed E-state index contributed by atoms with van der Waals surface area (Å²) in [5.74, 6) is 1.74. The van der Waals surface area contributed by atoms with E-state index in [9.17, 15) is 0 Å². The average Bonchev–Trinajstić information content (AvgIpc) is 3.28. The SMILES string of the molecule is CC(C)N=C(NC(C)C)c1cccc2c1oc1c(C(=NC(C)C)NC(C)C)cccc12.CCOCC.CCOCC. The highest BCUT2D eigenvalue weighted by Crippen LogP contribution is 2.33. The van der Waals surface area contributed by atoms with Crippen LogP contribution in [0.5, 0.6) is 0 Å². The molecule has 0 saturated heterocycles. The lowest BCUT2D eigenvalue weighted by Crippen LogP contribution is -2.32. The second kappa shape index (κ2) is 19.3. The number of para-hydroxylation sites is 2. The van der Waals surface area contributed by atoms with Gasteiger partial charge in [0.15, 0.2) is 0 Å². The van der Waals surface area contributed by atoms with Gasteiger partial charge >= 0.3 is 0 Å². The fraction of sp³-hybridized carbons (Fsp3) is 0.588. The maximum atomic E-state index is 6.56. The Morgan fingerprint density at radius 2 is 0.951 bits per heavy atom. The molecule has 0 aliphatic carbocycles. The zero-order valence-corrected chi connectivity index (χ0v) is 27.7. The molecule has 0 aliphatic rings. The second-order valence-corrected chi connectivity index (χ2v) is 10.8. The van der Waals surface area contributed by atoms with Gasteiger partial charge in [-0.05, 0) is 95.2 Å². The first-order valence-corrected chi connectivity index (χ1v) is 15.3. The van der Waals surface area contributed by atoms with Crippen LogP contribution in [0.15, 0.2) is 50.8 Å². The van der Waals surface area contributed by atoms with Crippen molar-refractivity contribution < 1.29 is 13.9 Å². The fourth-order valence-corrected chi connectivity index (χ4v) is 4.03. The molecule has 2 N–H and O–H groups in total. The van der Waals surface area contributed by atoms with Gasteiger partial charge in [0.1, 0.15) is 22.8 Å². The Morgan fingerprint density at radius 3 is 1.20 bits per heavy atom. The van der Waals surface area contributed by atoms with Crippen LogP contribution in [0.4, 0.5) is 0 Å². The molecule has 1 aromatic heterocycles. The van der Waals surface area contributed by atoms with Crippen molar-refractivity contribution in [3.63, 3.8) is 0 Å². The Kier molecular flexibility index (Phi) is 17.0. The quantitative estimate of drug-likeness (QED) is 0.191. The predicted octanol–water partition coefficient (Wildman–Crippen LogP) is 7.98. The number of fused-ring (bicyclic) bond motifs is 3. The molecule has 1 heterocycles. The molecule has 230 valence electrons. The molecular formula is C34H56N4O3. The number of aliphatic imine (C=N–C) groups is 2. The minimum Gasteiger partial charge on any atom is -0.455 e. The monoisotopic (exact) mass is 568 g/mol. The number of rotatable bonds is 10. The van der Waals surface area contributed by atoms with Gasteiger partial charge in [-0.2, -0.15) is 0 Å². The largest absolute Gasteiger partial charge is 0.455 e. The van der Waals surface area contributed by atoms with Gasteiger partial charge < -0.3 is 24.5 Å². The highest BCUT2D eigenvalue weighted by Gasteiger charge is 2.19. The van der Waals surface area contributed by atoms with Gasteiger partial charge in [-0.25, -0.2) is 0 Å². The highest BCUT2D eigenvalue weighted by molar-refractivity contribution is 6.18. The van der Waals surface area contributed by atoms with E-state index in [1.165, 1.54) is 0 Å².